The Morgan fingerprint density at radius 3 is 2.26 bits per heavy atom. The minimum Gasteiger partial charge on any atom is -0.481 e. The topological polar surface area (TPSA) is 69.6 Å². The monoisotopic (exact) mass is 276 g/mol. The third kappa shape index (κ3) is 3.33. The number of nitrogens with zero attached hydrogens (tertiary/aromatic N) is 1. The first-order valence-electron chi connectivity index (χ1n) is 6.53. The summed E-state index contributed by atoms with van der Waals surface area (Å²) >= 11 is 0. The van der Waals surface area contributed by atoms with Gasteiger partial charge in [0.05, 0.1) is 5.92 Å². The smallest absolute Gasteiger partial charge is 0.317 e. The van der Waals surface area contributed by atoms with E-state index in [4.69, 9.17) is 5.11 Å². The van der Waals surface area contributed by atoms with Crippen molar-refractivity contribution < 1.29 is 23.5 Å². The van der Waals surface area contributed by atoms with Crippen LogP contribution in [0.25, 0.3) is 0 Å². The van der Waals surface area contributed by atoms with E-state index in [9.17, 15) is 18.4 Å². The van der Waals surface area contributed by atoms with Crippen LogP contribution in [-0.4, -0.2) is 47.6 Å². The van der Waals surface area contributed by atoms with Crippen LogP contribution in [0.3, 0.4) is 0 Å². The number of hydrogen-bond acceptors (Lipinski definition) is 2. The lowest BCUT2D eigenvalue weighted by Crippen LogP contribution is -2.53. The molecule has 1 saturated carbocycles. The average molecular weight is 276 g/mol. The van der Waals surface area contributed by atoms with E-state index in [1.165, 1.54) is 4.90 Å². The van der Waals surface area contributed by atoms with Gasteiger partial charge in [-0.1, -0.05) is 0 Å². The van der Waals surface area contributed by atoms with Crippen molar-refractivity contribution in [2.24, 2.45) is 11.8 Å². The number of urea groups is 1. The van der Waals surface area contributed by atoms with Gasteiger partial charge in [0.25, 0.3) is 0 Å². The highest BCUT2D eigenvalue weighted by Gasteiger charge is 2.36. The normalized spacial score (nSPS) is 28.1. The number of amides is 2. The van der Waals surface area contributed by atoms with Crippen molar-refractivity contribution in [2.75, 3.05) is 13.1 Å². The van der Waals surface area contributed by atoms with Crippen LogP contribution < -0.4 is 5.32 Å². The van der Waals surface area contributed by atoms with Gasteiger partial charge in [-0.15, -0.1) is 0 Å². The molecule has 0 aromatic heterocycles. The number of nitrogens with one attached hydrogen (secondary N) is 1. The summed E-state index contributed by atoms with van der Waals surface area (Å²) in [7, 11) is 0. The largest absolute Gasteiger partial charge is 0.481 e. The van der Waals surface area contributed by atoms with Gasteiger partial charge >= 0.3 is 12.0 Å². The van der Waals surface area contributed by atoms with Crippen LogP contribution in [0.15, 0.2) is 0 Å². The zero-order valence-corrected chi connectivity index (χ0v) is 10.5. The summed E-state index contributed by atoms with van der Waals surface area (Å²) in [6.45, 7) is 0.686. The van der Waals surface area contributed by atoms with Gasteiger partial charge in [-0.3, -0.25) is 4.79 Å². The molecule has 0 aromatic carbocycles. The number of likely N-dealkylation sites (tertiary alicyclic amines) is 1. The zero-order chi connectivity index (χ0) is 14.0. The average Bonchev–Trinajstić information content (AvgIpc) is 2.32. The summed E-state index contributed by atoms with van der Waals surface area (Å²) in [5.74, 6) is -1.80. The number of carboxylic acid groups (broad SMARTS) is 1. The highest BCUT2D eigenvalue weighted by Crippen LogP contribution is 2.28. The van der Waals surface area contributed by atoms with E-state index in [1.807, 2.05) is 0 Å². The van der Waals surface area contributed by atoms with Crippen molar-refractivity contribution in [2.45, 2.75) is 38.2 Å². The molecule has 7 heteroatoms. The molecule has 2 fully saturated rings. The summed E-state index contributed by atoms with van der Waals surface area (Å²) in [5.41, 5.74) is 0. The van der Waals surface area contributed by atoms with Crippen LogP contribution in [0.5, 0.6) is 0 Å². The Bertz CT molecular complexity index is 351. The van der Waals surface area contributed by atoms with Crippen molar-refractivity contribution in [3.05, 3.63) is 0 Å². The lowest BCUT2D eigenvalue weighted by Gasteiger charge is -2.37. The minimum absolute atomic E-state index is 0.0959. The number of halogens is 2. The van der Waals surface area contributed by atoms with E-state index >= 15 is 0 Å². The Hall–Kier alpha value is -1.40. The molecule has 2 N–H and O–H groups in total. The van der Waals surface area contributed by atoms with Crippen LogP contribution >= 0.6 is 0 Å². The number of piperidine rings is 1. The maximum atomic E-state index is 12.5. The van der Waals surface area contributed by atoms with Crippen molar-refractivity contribution >= 4 is 12.0 Å². The first kappa shape index (κ1) is 14.0. The van der Waals surface area contributed by atoms with Crippen molar-refractivity contribution in [1.29, 1.82) is 0 Å². The van der Waals surface area contributed by atoms with Crippen molar-refractivity contribution in [3.8, 4) is 0 Å². The molecule has 1 aliphatic carbocycles. The molecule has 2 amide bonds. The minimum atomic E-state index is -2.31. The summed E-state index contributed by atoms with van der Waals surface area (Å²) in [5, 5.41) is 11.5. The van der Waals surface area contributed by atoms with E-state index in [0.29, 0.717) is 38.8 Å². The number of carbonyl (C=O) groups is 2. The molecule has 2 aliphatic rings. The number of carbonyl (C=O) groups excluding carboxylic acids is 1. The van der Waals surface area contributed by atoms with Gasteiger partial charge in [-0.05, 0) is 25.7 Å². The summed E-state index contributed by atoms with van der Waals surface area (Å²) < 4.78 is 24.9. The SMILES string of the molecule is O=C(O)C1CC(NC(=O)N2CCC(C(F)F)CC2)C1. The fraction of sp³-hybridized carbons (Fsp3) is 0.833. The van der Waals surface area contributed by atoms with E-state index in [1.54, 1.807) is 0 Å². The van der Waals surface area contributed by atoms with Crippen LogP contribution in [0, 0.1) is 11.8 Å². The van der Waals surface area contributed by atoms with E-state index in [2.05, 4.69) is 5.32 Å². The second kappa shape index (κ2) is 5.71. The molecule has 1 aliphatic heterocycles. The van der Waals surface area contributed by atoms with Crippen LogP contribution in [0.4, 0.5) is 13.6 Å². The second-order valence-corrected chi connectivity index (χ2v) is 5.31. The molecule has 0 bridgehead atoms. The van der Waals surface area contributed by atoms with Crippen molar-refractivity contribution in [1.82, 2.24) is 10.2 Å². The molecule has 1 saturated heterocycles. The van der Waals surface area contributed by atoms with Crippen molar-refractivity contribution in [3.63, 3.8) is 0 Å². The molecule has 108 valence electrons. The van der Waals surface area contributed by atoms with Gasteiger partial charge in [0.15, 0.2) is 0 Å². The van der Waals surface area contributed by atoms with Gasteiger partial charge in [0.2, 0.25) is 6.43 Å². The lowest BCUT2D eigenvalue weighted by molar-refractivity contribution is -0.145. The molecule has 5 nitrogen and oxygen atoms in total. The maximum absolute atomic E-state index is 12.5. The lowest BCUT2D eigenvalue weighted by atomic mass is 9.80. The van der Waals surface area contributed by atoms with Crippen LogP contribution in [0.2, 0.25) is 0 Å². The molecule has 0 atom stereocenters. The summed E-state index contributed by atoms with van der Waals surface area (Å²) in [6.07, 6.45) is -0.752. The van der Waals surface area contributed by atoms with E-state index in [0.717, 1.165) is 0 Å². The third-order valence-corrected chi connectivity index (χ3v) is 4.00. The predicted molar refractivity (Wildman–Crippen MR) is 63.0 cm³/mol. The Morgan fingerprint density at radius 2 is 1.79 bits per heavy atom. The summed E-state index contributed by atoms with van der Waals surface area (Å²) in [6, 6.07) is -0.358. The fourth-order valence-electron chi connectivity index (χ4n) is 2.56. The highest BCUT2D eigenvalue weighted by atomic mass is 19.3. The van der Waals surface area contributed by atoms with E-state index < -0.39 is 18.3 Å². The van der Waals surface area contributed by atoms with Gasteiger partial charge in [0.1, 0.15) is 0 Å². The molecule has 2 rings (SSSR count). The van der Waals surface area contributed by atoms with Gasteiger partial charge < -0.3 is 15.3 Å². The molecular weight excluding hydrogens is 258 g/mol. The summed E-state index contributed by atoms with van der Waals surface area (Å²) in [4.78, 5) is 24.0. The number of rotatable bonds is 3. The standard InChI is InChI=1S/C12H18F2N2O3/c13-10(14)7-1-3-16(4-2-7)12(19)15-9-5-8(6-9)11(17)18/h7-10H,1-6H2,(H,15,19)(H,17,18). The maximum Gasteiger partial charge on any atom is 0.317 e. The number of hydrogen-bond donors (Lipinski definition) is 2. The first-order valence-corrected chi connectivity index (χ1v) is 6.53. The third-order valence-electron chi connectivity index (χ3n) is 4.00. The number of aliphatic carboxylic acids is 1. The Balaban J connectivity index is 1.69. The molecule has 0 spiro atoms. The molecule has 0 unspecified atom stereocenters. The zero-order valence-electron chi connectivity index (χ0n) is 10.5. The Kier molecular flexibility index (Phi) is 4.21. The highest BCUT2D eigenvalue weighted by molar-refractivity contribution is 5.76. The Morgan fingerprint density at radius 1 is 1.21 bits per heavy atom. The predicted octanol–water partition coefficient (Wildman–Crippen LogP) is 1.54. The molecular formula is C12H18F2N2O3. The molecule has 0 aromatic rings. The van der Waals surface area contributed by atoms with Gasteiger partial charge in [0, 0.05) is 25.0 Å². The number of carboxylic acids is 1. The van der Waals surface area contributed by atoms with Crippen LogP contribution in [-0.2, 0) is 4.79 Å². The molecule has 0 radical (unpaired) electrons. The fourth-order valence-corrected chi connectivity index (χ4v) is 2.56. The number of alkyl halides is 2. The second-order valence-electron chi connectivity index (χ2n) is 5.31. The van der Waals surface area contributed by atoms with Gasteiger partial charge in [-0.2, -0.15) is 0 Å². The molecule has 1 heterocycles. The van der Waals surface area contributed by atoms with E-state index in [-0.39, 0.29) is 18.0 Å². The molecule has 19 heavy (non-hydrogen) atoms. The quantitative estimate of drug-likeness (QED) is 0.821. The Labute approximate surface area is 109 Å². The van der Waals surface area contributed by atoms with Gasteiger partial charge in [-0.25, -0.2) is 13.6 Å². The van der Waals surface area contributed by atoms with Crippen LogP contribution in [0.1, 0.15) is 25.7 Å². The first-order chi connectivity index (χ1) is 8.97.